The lowest BCUT2D eigenvalue weighted by atomic mass is 9.90. The summed E-state index contributed by atoms with van der Waals surface area (Å²) in [6, 6.07) is -0.139. The van der Waals surface area contributed by atoms with Crippen LogP contribution in [0.25, 0.3) is 0 Å². The molecule has 3 N–H and O–H groups in total. The normalized spacial score (nSPS) is 19.8. The number of amides is 2. The Morgan fingerprint density at radius 1 is 1.40 bits per heavy atom. The SMILES string of the molecule is CCNC(=O)NCC1([C@@H](O)C(C)C)CC1. The van der Waals surface area contributed by atoms with Crippen molar-refractivity contribution >= 4 is 6.03 Å². The van der Waals surface area contributed by atoms with Crippen LogP contribution in [0.1, 0.15) is 33.6 Å². The van der Waals surface area contributed by atoms with E-state index in [0.29, 0.717) is 13.1 Å². The van der Waals surface area contributed by atoms with Crippen LogP contribution in [0.2, 0.25) is 0 Å². The first kappa shape index (κ1) is 12.3. The first-order valence-corrected chi connectivity index (χ1v) is 5.71. The summed E-state index contributed by atoms with van der Waals surface area (Å²) in [7, 11) is 0. The third kappa shape index (κ3) is 3.09. The number of hydrogen-bond donors (Lipinski definition) is 3. The van der Waals surface area contributed by atoms with Crippen LogP contribution < -0.4 is 10.6 Å². The van der Waals surface area contributed by atoms with E-state index < -0.39 is 0 Å². The fraction of sp³-hybridized carbons (Fsp3) is 0.909. The molecule has 1 aliphatic carbocycles. The number of carbonyl (C=O) groups is 1. The van der Waals surface area contributed by atoms with E-state index in [1.54, 1.807) is 0 Å². The van der Waals surface area contributed by atoms with Gasteiger partial charge >= 0.3 is 6.03 Å². The van der Waals surface area contributed by atoms with Gasteiger partial charge < -0.3 is 15.7 Å². The molecule has 0 bridgehead atoms. The molecule has 1 fully saturated rings. The van der Waals surface area contributed by atoms with Gasteiger partial charge in [0, 0.05) is 18.5 Å². The van der Waals surface area contributed by atoms with E-state index in [2.05, 4.69) is 10.6 Å². The Morgan fingerprint density at radius 3 is 2.40 bits per heavy atom. The summed E-state index contributed by atoms with van der Waals surface area (Å²) in [5, 5.41) is 15.5. The molecule has 0 aromatic heterocycles. The van der Waals surface area contributed by atoms with Crippen molar-refractivity contribution in [3.8, 4) is 0 Å². The fourth-order valence-corrected chi connectivity index (χ4v) is 1.92. The molecular formula is C11H22N2O2. The predicted molar refractivity (Wildman–Crippen MR) is 59.6 cm³/mol. The topological polar surface area (TPSA) is 61.4 Å². The first-order chi connectivity index (χ1) is 7.02. The van der Waals surface area contributed by atoms with Crippen molar-refractivity contribution in [2.75, 3.05) is 13.1 Å². The smallest absolute Gasteiger partial charge is 0.314 e. The molecular weight excluding hydrogens is 192 g/mol. The number of aliphatic hydroxyl groups is 1. The van der Waals surface area contributed by atoms with Crippen LogP contribution in [0.15, 0.2) is 0 Å². The van der Waals surface area contributed by atoms with E-state index in [9.17, 15) is 9.90 Å². The van der Waals surface area contributed by atoms with E-state index in [1.165, 1.54) is 0 Å². The van der Waals surface area contributed by atoms with Gasteiger partial charge in [-0.2, -0.15) is 0 Å². The van der Waals surface area contributed by atoms with E-state index >= 15 is 0 Å². The molecule has 1 atom stereocenters. The molecule has 2 amide bonds. The largest absolute Gasteiger partial charge is 0.392 e. The average molecular weight is 214 g/mol. The maximum atomic E-state index is 11.2. The zero-order chi connectivity index (χ0) is 11.5. The van der Waals surface area contributed by atoms with Crippen molar-refractivity contribution in [3.05, 3.63) is 0 Å². The van der Waals surface area contributed by atoms with Crippen LogP contribution in [0, 0.1) is 11.3 Å². The van der Waals surface area contributed by atoms with Gasteiger partial charge in [-0.15, -0.1) is 0 Å². The second-order valence-corrected chi connectivity index (χ2v) is 4.76. The number of rotatable bonds is 5. The van der Waals surface area contributed by atoms with Gasteiger partial charge in [0.1, 0.15) is 0 Å². The quantitative estimate of drug-likeness (QED) is 0.642. The Kier molecular flexibility index (Phi) is 3.97. The molecule has 0 spiro atoms. The molecule has 1 aliphatic rings. The molecule has 0 heterocycles. The van der Waals surface area contributed by atoms with E-state index in [0.717, 1.165) is 12.8 Å². The van der Waals surface area contributed by atoms with Crippen molar-refractivity contribution in [1.29, 1.82) is 0 Å². The molecule has 1 rings (SSSR count). The van der Waals surface area contributed by atoms with Gasteiger partial charge in [0.25, 0.3) is 0 Å². The molecule has 0 aromatic rings. The molecule has 0 aromatic carbocycles. The Hall–Kier alpha value is -0.770. The highest BCUT2D eigenvalue weighted by Crippen LogP contribution is 2.50. The zero-order valence-electron chi connectivity index (χ0n) is 9.84. The summed E-state index contributed by atoms with van der Waals surface area (Å²) in [6.07, 6.45) is 1.72. The van der Waals surface area contributed by atoms with Crippen LogP contribution in [-0.2, 0) is 0 Å². The predicted octanol–water partition coefficient (Wildman–Crippen LogP) is 1.10. The van der Waals surface area contributed by atoms with E-state index in [-0.39, 0.29) is 23.5 Å². The molecule has 1 saturated carbocycles. The minimum absolute atomic E-state index is 0.0563. The Bertz CT molecular complexity index is 225. The van der Waals surface area contributed by atoms with Gasteiger partial charge in [-0.1, -0.05) is 13.8 Å². The summed E-state index contributed by atoms with van der Waals surface area (Å²) in [4.78, 5) is 11.2. The maximum absolute atomic E-state index is 11.2. The number of hydrogen-bond acceptors (Lipinski definition) is 2. The highest BCUT2D eigenvalue weighted by molar-refractivity contribution is 5.73. The van der Waals surface area contributed by atoms with Crippen LogP contribution >= 0.6 is 0 Å². The minimum atomic E-state index is -0.306. The van der Waals surface area contributed by atoms with Gasteiger partial charge in [-0.3, -0.25) is 0 Å². The highest BCUT2D eigenvalue weighted by Gasteiger charge is 2.49. The van der Waals surface area contributed by atoms with Crippen molar-refractivity contribution in [2.24, 2.45) is 11.3 Å². The Morgan fingerprint density at radius 2 is 2.00 bits per heavy atom. The molecule has 0 saturated heterocycles. The number of nitrogens with one attached hydrogen (secondary N) is 2. The van der Waals surface area contributed by atoms with Crippen molar-refractivity contribution in [1.82, 2.24) is 10.6 Å². The number of aliphatic hydroxyl groups excluding tert-OH is 1. The van der Waals surface area contributed by atoms with Gasteiger partial charge in [0.15, 0.2) is 0 Å². The molecule has 0 unspecified atom stereocenters. The molecule has 4 nitrogen and oxygen atoms in total. The molecule has 88 valence electrons. The molecule has 0 aliphatic heterocycles. The minimum Gasteiger partial charge on any atom is -0.392 e. The van der Waals surface area contributed by atoms with Gasteiger partial charge in [-0.05, 0) is 25.7 Å². The number of urea groups is 1. The summed E-state index contributed by atoms with van der Waals surface area (Å²) in [5.41, 5.74) is -0.0563. The van der Waals surface area contributed by atoms with E-state index in [1.807, 2.05) is 20.8 Å². The third-order valence-corrected chi connectivity index (χ3v) is 3.09. The summed E-state index contributed by atoms with van der Waals surface area (Å²) >= 11 is 0. The summed E-state index contributed by atoms with van der Waals surface area (Å²) < 4.78 is 0. The lowest BCUT2D eigenvalue weighted by Gasteiger charge is -2.25. The molecule has 15 heavy (non-hydrogen) atoms. The standard InChI is InChI=1S/C11H22N2O2/c1-4-12-10(15)13-7-11(5-6-11)9(14)8(2)3/h8-9,14H,4-7H2,1-3H3,(H2,12,13,15)/t9-/m0/s1. The maximum Gasteiger partial charge on any atom is 0.314 e. The van der Waals surface area contributed by atoms with Crippen molar-refractivity contribution in [3.63, 3.8) is 0 Å². The molecule has 4 heteroatoms. The van der Waals surface area contributed by atoms with Crippen LogP contribution in [0.5, 0.6) is 0 Å². The van der Waals surface area contributed by atoms with Crippen molar-refractivity contribution in [2.45, 2.75) is 39.7 Å². The van der Waals surface area contributed by atoms with Gasteiger partial charge in [0.05, 0.1) is 6.10 Å². The van der Waals surface area contributed by atoms with Gasteiger partial charge in [-0.25, -0.2) is 4.79 Å². The molecule has 0 radical (unpaired) electrons. The third-order valence-electron chi connectivity index (χ3n) is 3.09. The van der Waals surface area contributed by atoms with Gasteiger partial charge in [0.2, 0.25) is 0 Å². The van der Waals surface area contributed by atoms with Crippen LogP contribution in [0.4, 0.5) is 4.79 Å². The Balaban J connectivity index is 2.34. The summed E-state index contributed by atoms with van der Waals surface area (Å²) in [5.74, 6) is 0.253. The average Bonchev–Trinajstić information content (AvgIpc) is 2.95. The van der Waals surface area contributed by atoms with Crippen molar-refractivity contribution < 1.29 is 9.90 Å². The Labute approximate surface area is 91.4 Å². The van der Waals surface area contributed by atoms with Crippen LogP contribution in [-0.4, -0.2) is 30.3 Å². The van der Waals surface area contributed by atoms with Crippen LogP contribution in [0.3, 0.4) is 0 Å². The zero-order valence-corrected chi connectivity index (χ0v) is 9.84. The number of carbonyl (C=O) groups excluding carboxylic acids is 1. The highest BCUT2D eigenvalue weighted by atomic mass is 16.3. The lowest BCUT2D eigenvalue weighted by molar-refractivity contribution is 0.0515. The second kappa shape index (κ2) is 4.84. The monoisotopic (exact) mass is 214 g/mol. The summed E-state index contributed by atoms with van der Waals surface area (Å²) in [6.45, 7) is 7.12. The van der Waals surface area contributed by atoms with E-state index in [4.69, 9.17) is 0 Å². The first-order valence-electron chi connectivity index (χ1n) is 5.71. The lowest BCUT2D eigenvalue weighted by Crippen LogP contribution is -2.42. The second-order valence-electron chi connectivity index (χ2n) is 4.76. The fourth-order valence-electron chi connectivity index (χ4n) is 1.92.